The maximum absolute atomic E-state index is 12.3. The van der Waals surface area contributed by atoms with Crippen molar-refractivity contribution in [3.63, 3.8) is 0 Å². The zero-order chi connectivity index (χ0) is 14.7. The molecular weight excluding hydrogens is 330 g/mol. The van der Waals surface area contributed by atoms with Crippen LogP contribution in [-0.2, 0) is 11.2 Å². The van der Waals surface area contributed by atoms with Crippen LogP contribution in [-0.4, -0.2) is 21.5 Å². The van der Waals surface area contributed by atoms with E-state index in [2.05, 4.69) is 30.8 Å². The van der Waals surface area contributed by atoms with Gasteiger partial charge in [-0.15, -0.1) is 0 Å². The molecule has 0 radical (unpaired) electrons. The largest absolute Gasteiger partial charge is 0.351 e. The molecule has 2 aromatic rings. The molecule has 3 rings (SSSR count). The van der Waals surface area contributed by atoms with Crippen molar-refractivity contribution in [1.82, 2.24) is 14.9 Å². The maximum Gasteiger partial charge on any atom is 0.224 e. The summed E-state index contributed by atoms with van der Waals surface area (Å²) in [6.45, 7) is 0. The van der Waals surface area contributed by atoms with Crippen molar-refractivity contribution in [2.24, 2.45) is 0 Å². The summed E-state index contributed by atoms with van der Waals surface area (Å²) in [4.78, 5) is 16.4. The van der Waals surface area contributed by atoms with Gasteiger partial charge in [-0.3, -0.25) is 4.79 Å². The fraction of sp³-hybridized carbons (Fsp3) is 0.375. The number of carbonyl (C=O) groups excluding carboxylic acids is 1. The first kappa shape index (κ1) is 14.3. The lowest BCUT2D eigenvalue weighted by Crippen LogP contribution is -2.39. The Bertz CT molecular complexity index is 612. The number of imidazole rings is 1. The molecule has 1 saturated carbocycles. The molecule has 1 aromatic carbocycles. The van der Waals surface area contributed by atoms with Crippen LogP contribution in [0.2, 0.25) is 0 Å². The minimum atomic E-state index is 0.0823. The highest BCUT2D eigenvalue weighted by atomic mass is 79.9. The van der Waals surface area contributed by atoms with E-state index in [1.165, 1.54) is 0 Å². The van der Waals surface area contributed by atoms with E-state index >= 15 is 0 Å². The minimum Gasteiger partial charge on any atom is -0.351 e. The summed E-state index contributed by atoms with van der Waals surface area (Å²) < 4.78 is 3.09. The number of rotatable bonds is 4. The van der Waals surface area contributed by atoms with Crippen molar-refractivity contribution in [2.75, 3.05) is 0 Å². The molecular formula is C16H18BrN3O. The first-order chi connectivity index (χ1) is 10.2. The van der Waals surface area contributed by atoms with Gasteiger partial charge in [0.05, 0.1) is 18.8 Å². The van der Waals surface area contributed by atoms with E-state index in [-0.39, 0.29) is 11.9 Å². The fourth-order valence-corrected chi connectivity index (χ4v) is 3.43. The molecule has 0 aliphatic heterocycles. The molecule has 5 heteroatoms. The standard InChI is InChI=1S/C16H18BrN3O/c17-13-5-2-1-4-12(13)10-16(21)19-14-6-3-7-15(14)20-9-8-18-11-20/h1-2,4-5,8-9,11,14-15H,3,6-7,10H2,(H,19,21)/t14-,15+/m0/s1. The van der Waals surface area contributed by atoms with Crippen molar-refractivity contribution in [3.05, 3.63) is 53.0 Å². The van der Waals surface area contributed by atoms with Gasteiger partial charge in [-0.1, -0.05) is 34.1 Å². The summed E-state index contributed by atoms with van der Waals surface area (Å²) in [5.41, 5.74) is 1.02. The van der Waals surface area contributed by atoms with Crippen molar-refractivity contribution in [1.29, 1.82) is 0 Å². The molecule has 4 nitrogen and oxygen atoms in total. The van der Waals surface area contributed by atoms with Crippen molar-refractivity contribution in [2.45, 2.75) is 37.8 Å². The van der Waals surface area contributed by atoms with Crippen LogP contribution in [0.25, 0.3) is 0 Å². The van der Waals surface area contributed by atoms with Gasteiger partial charge in [0.2, 0.25) is 5.91 Å². The van der Waals surface area contributed by atoms with Crippen LogP contribution in [0.3, 0.4) is 0 Å². The highest BCUT2D eigenvalue weighted by molar-refractivity contribution is 9.10. The summed E-state index contributed by atoms with van der Waals surface area (Å²) in [5, 5.41) is 3.18. The molecule has 0 unspecified atom stereocenters. The summed E-state index contributed by atoms with van der Waals surface area (Å²) >= 11 is 3.49. The molecule has 0 saturated heterocycles. The number of aromatic nitrogens is 2. The fourth-order valence-electron chi connectivity index (χ4n) is 3.00. The third kappa shape index (κ3) is 3.35. The zero-order valence-electron chi connectivity index (χ0n) is 11.7. The molecule has 1 N–H and O–H groups in total. The lowest BCUT2D eigenvalue weighted by Gasteiger charge is -2.22. The van der Waals surface area contributed by atoms with Gasteiger partial charge in [0, 0.05) is 22.9 Å². The molecule has 1 aliphatic carbocycles. The van der Waals surface area contributed by atoms with E-state index < -0.39 is 0 Å². The molecule has 0 spiro atoms. The van der Waals surface area contributed by atoms with Gasteiger partial charge in [-0.05, 0) is 30.9 Å². The van der Waals surface area contributed by atoms with Gasteiger partial charge in [0.15, 0.2) is 0 Å². The third-order valence-corrected chi connectivity index (χ3v) is 4.82. The Morgan fingerprint density at radius 1 is 1.38 bits per heavy atom. The van der Waals surface area contributed by atoms with Gasteiger partial charge < -0.3 is 9.88 Å². The maximum atomic E-state index is 12.3. The van der Waals surface area contributed by atoms with Crippen LogP contribution in [0.5, 0.6) is 0 Å². The van der Waals surface area contributed by atoms with Gasteiger partial charge in [-0.25, -0.2) is 4.98 Å². The predicted molar refractivity (Wildman–Crippen MR) is 84.9 cm³/mol. The Balaban J connectivity index is 1.63. The lowest BCUT2D eigenvalue weighted by molar-refractivity contribution is -0.121. The number of nitrogens with zero attached hydrogens (tertiary/aromatic N) is 2. The number of benzene rings is 1. The first-order valence-corrected chi connectivity index (χ1v) is 8.03. The van der Waals surface area contributed by atoms with Crippen LogP contribution in [0, 0.1) is 0 Å². The van der Waals surface area contributed by atoms with E-state index in [9.17, 15) is 4.79 Å². The third-order valence-electron chi connectivity index (χ3n) is 4.04. The second-order valence-electron chi connectivity index (χ2n) is 5.45. The monoisotopic (exact) mass is 347 g/mol. The normalized spacial score (nSPS) is 21.4. The molecule has 1 fully saturated rings. The van der Waals surface area contributed by atoms with Crippen LogP contribution >= 0.6 is 15.9 Å². The van der Waals surface area contributed by atoms with E-state index in [1.807, 2.05) is 36.8 Å². The van der Waals surface area contributed by atoms with Crippen LogP contribution < -0.4 is 5.32 Å². The number of nitrogens with one attached hydrogen (secondary N) is 1. The number of carbonyl (C=O) groups is 1. The lowest BCUT2D eigenvalue weighted by atomic mass is 10.1. The van der Waals surface area contributed by atoms with E-state index in [0.717, 1.165) is 29.3 Å². The average Bonchev–Trinajstić information content (AvgIpc) is 3.11. The van der Waals surface area contributed by atoms with E-state index in [4.69, 9.17) is 0 Å². The SMILES string of the molecule is O=C(Cc1ccccc1Br)N[C@H]1CCC[C@H]1n1ccnc1. The Labute approximate surface area is 132 Å². The number of hydrogen-bond donors (Lipinski definition) is 1. The van der Waals surface area contributed by atoms with Gasteiger partial charge in [0.1, 0.15) is 0 Å². The van der Waals surface area contributed by atoms with Gasteiger partial charge in [-0.2, -0.15) is 0 Å². The number of hydrogen-bond acceptors (Lipinski definition) is 2. The number of amides is 1. The summed E-state index contributed by atoms with van der Waals surface area (Å²) in [7, 11) is 0. The molecule has 21 heavy (non-hydrogen) atoms. The van der Waals surface area contributed by atoms with Gasteiger partial charge >= 0.3 is 0 Å². The Hall–Kier alpha value is -1.62. The number of halogens is 1. The summed E-state index contributed by atoms with van der Waals surface area (Å²) in [5.74, 6) is 0.0823. The summed E-state index contributed by atoms with van der Waals surface area (Å²) in [6.07, 6.45) is 9.28. The minimum absolute atomic E-state index is 0.0823. The topological polar surface area (TPSA) is 46.9 Å². The smallest absolute Gasteiger partial charge is 0.224 e. The second-order valence-corrected chi connectivity index (χ2v) is 6.30. The average molecular weight is 348 g/mol. The molecule has 1 aliphatic rings. The predicted octanol–water partition coefficient (Wildman–Crippen LogP) is 3.10. The molecule has 1 aromatic heterocycles. The van der Waals surface area contributed by atoms with Crippen LogP contribution in [0.15, 0.2) is 47.5 Å². The zero-order valence-corrected chi connectivity index (χ0v) is 13.3. The molecule has 2 atom stereocenters. The molecule has 0 bridgehead atoms. The highest BCUT2D eigenvalue weighted by Gasteiger charge is 2.29. The Kier molecular flexibility index (Phi) is 4.39. The molecule has 110 valence electrons. The Morgan fingerprint density at radius 2 is 2.24 bits per heavy atom. The first-order valence-electron chi connectivity index (χ1n) is 7.24. The highest BCUT2D eigenvalue weighted by Crippen LogP contribution is 2.30. The van der Waals surface area contributed by atoms with E-state index in [0.29, 0.717) is 12.5 Å². The molecule has 1 heterocycles. The van der Waals surface area contributed by atoms with Crippen LogP contribution in [0.1, 0.15) is 30.9 Å². The van der Waals surface area contributed by atoms with E-state index in [1.54, 1.807) is 6.20 Å². The Morgan fingerprint density at radius 3 is 3.00 bits per heavy atom. The van der Waals surface area contributed by atoms with Gasteiger partial charge in [0.25, 0.3) is 0 Å². The second kappa shape index (κ2) is 6.43. The van der Waals surface area contributed by atoms with Crippen molar-refractivity contribution < 1.29 is 4.79 Å². The van der Waals surface area contributed by atoms with Crippen molar-refractivity contribution >= 4 is 21.8 Å². The van der Waals surface area contributed by atoms with Crippen molar-refractivity contribution in [3.8, 4) is 0 Å². The summed E-state index contributed by atoms with van der Waals surface area (Å²) in [6, 6.07) is 8.39. The molecule has 1 amide bonds. The quantitative estimate of drug-likeness (QED) is 0.923. The van der Waals surface area contributed by atoms with Crippen LogP contribution in [0.4, 0.5) is 0 Å².